The van der Waals surface area contributed by atoms with Gasteiger partial charge in [0.25, 0.3) is 0 Å². The third-order valence-corrected chi connectivity index (χ3v) is 3.53. The number of fused-ring (bicyclic) bond motifs is 1. The van der Waals surface area contributed by atoms with E-state index in [4.69, 9.17) is 10.8 Å². The summed E-state index contributed by atoms with van der Waals surface area (Å²) < 4.78 is 0. The summed E-state index contributed by atoms with van der Waals surface area (Å²) in [6.45, 7) is 0. The molecule has 4 heteroatoms. The smallest absolute Gasteiger partial charge is 0.320 e. The van der Waals surface area contributed by atoms with Gasteiger partial charge in [-0.2, -0.15) is 0 Å². The number of carbonyl (C=O) groups is 1. The zero-order valence-corrected chi connectivity index (χ0v) is 9.54. The first-order valence-electron chi connectivity index (χ1n) is 5.12. The zero-order valence-electron chi connectivity index (χ0n) is 8.72. The van der Waals surface area contributed by atoms with Crippen molar-refractivity contribution in [2.24, 2.45) is 5.73 Å². The Bertz CT molecular complexity index is 466. The van der Waals surface area contributed by atoms with Crippen LogP contribution in [-0.2, 0) is 11.2 Å². The Hall–Kier alpha value is -1.39. The van der Waals surface area contributed by atoms with Crippen molar-refractivity contribution in [2.45, 2.75) is 18.9 Å². The molecule has 0 bridgehead atoms. The van der Waals surface area contributed by atoms with Crippen molar-refractivity contribution in [2.75, 3.05) is 0 Å². The normalized spacial score (nSPS) is 12.8. The molecule has 2 aliphatic rings. The van der Waals surface area contributed by atoms with Gasteiger partial charge >= 0.3 is 5.97 Å². The molecule has 1 heterocycles. The zero-order chi connectivity index (χ0) is 11.5. The minimum absolute atomic E-state index is 0.480. The van der Waals surface area contributed by atoms with Crippen molar-refractivity contribution in [3.8, 4) is 10.4 Å². The molecule has 0 saturated carbocycles. The first-order valence-corrected chi connectivity index (χ1v) is 6.00. The Balaban J connectivity index is 2.08. The standard InChI is InChI=1S/C12H13NO2S/c13-10(12(14)15)5-3-8-4-6-11-9(8)2-1-7-16-11/h1-2,4,6-7,10H,3,5,13H2,(H,14,15). The fourth-order valence-electron chi connectivity index (χ4n) is 1.71. The van der Waals surface area contributed by atoms with Crippen molar-refractivity contribution >= 4 is 17.3 Å². The lowest BCUT2D eigenvalue weighted by molar-refractivity contribution is -0.138. The molecule has 0 aromatic rings. The quantitative estimate of drug-likeness (QED) is 0.854. The van der Waals surface area contributed by atoms with Gasteiger partial charge in [0.2, 0.25) is 0 Å². The maximum atomic E-state index is 10.6. The van der Waals surface area contributed by atoms with Crippen LogP contribution in [0.1, 0.15) is 12.0 Å². The molecule has 0 radical (unpaired) electrons. The minimum Gasteiger partial charge on any atom is -0.480 e. The highest BCUT2D eigenvalue weighted by atomic mass is 32.1. The van der Waals surface area contributed by atoms with Crippen LogP contribution in [0, 0.1) is 0 Å². The van der Waals surface area contributed by atoms with Crippen molar-refractivity contribution in [3.05, 3.63) is 35.2 Å². The van der Waals surface area contributed by atoms with Gasteiger partial charge in [0, 0.05) is 4.88 Å². The van der Waals surface area contributed by atoms with E-state index in [1.807, 2.05) is 11.4 Å². The van der Waals surface area contributed by atoms with Crippen LogP contribution in [0.3, 0.4) is 0 Å². The molecule has 84 valence electrons. The number of nitrogens with two attached hydrogens (primary N) is 1. The summed E-state index contributed by atoms with van der Waals surface area (Å²) in [5.74, 6) is -0.932. The second-order valence-corrected chi connectivity index (χ2v) is 4.68. The summed E-state index contributed by atoms with van der Waals surface area (Å²) >= 11 is 1.69. The lowest BCUT2D eigenvalue weighted by atomic mass is 10.0. The van der Waals surface area contributed by atoms with Gasteiger partial charge in [0.15, 0.2) is 0 Å². The Morgan fingerprint density at radius 1 is 1.44 bits per heavy atom. The number of hydrogen-bond acceptors (Lipinski definition) is 3. The molecule has 0 amide bonds. The Labute approximate surface area is 97.9 Å². The van der Waals surface area contributed by atoms with Crippen molar-refractivity contribution in [3.63, 3.8) is 0 Å². The van der Waals surface area contributed by atoms with Crippen molar-refractivity contribution in [1.29, 1.82) is 0 Å². The van der Waals surface area contributed by atoms with Gasteiger partial charge < -0.3 is 10.8 Å². The van der Waals surface area contributed by atoms with Gasteiger partial charge in [0.05, 0.1) is 0 Å². The fraction of sp³-hybridized carbons (Fsp3) is 0.250. The van der Waals surface area contributed by atoms with Crippen LogP contribution in [0.2, 0.25) is 0 Å². The highest BCUT2D eigenvalue weighted by molar-refractivity contribution is 7.13. The summed E-state index contributed by atoms with van der Waals surface area (Å²) in [7, 11) is 0. The average molecular weight is 235 g/mol. The SMILES string of the molecule is NC(CCc1ccc2scccc1-2)C(=O)O. The van der Waals surface area contributed by atoms with Crippen molar-refractivity contribution < 1.29 is 9.90 Å². The third-order valence-electron chi connectivity index (χ3n) is 2.63. The van der Waals surface area contributed by atoms with Crippen LogP contribution in [-0.4, -0.2) is 17.1 Å². The van der Waals surface area contributed by atoms with Gasteiger partial charge in [-0.15, -0.1) is 11.3 Å². The molecule has 0 saturated heterocycles. The first kappa shape index (κ1) is 11.1. The van der Waals surface area contributed by atoms with Crippen LogP contribution in [0.25, 0.3) is 10.4 Å². The van der Waals surface area contributed by atoms with Crippen LogP contribution in [0.15, 0.2) is 29.6 Å². The maximum absolute atomic E-state index is 10.6. The molecule has 0 aromatic heterocycles. The molecule has 1 atom stereocenters. The van der Waals surface area contributed by atoms with E-state index in [9.17, 15) is 4.79 Å². The first-order chi connectivity index (χ1) is 7.68. The highest BCUT2D eigenvalue weighted by Crippen LogP contribution is 2.31. The minimum atomic E-state index is -0.932. The Morgan fingerprint density at radius 2 is 2.25 bits per heavy atom. The van der Waals surface area contributed by atoms with E-state index in [0.29, 0.717) is 12.8 Å². The van der Waals surface area contributed by atoms with Gasteiger partial charge in [-0.25, -0.2) is 0 Å². The second-order valence-electron chi connectivity index (χ2n) is 3.73. The molecule has 1 aliphatic heterocycles. The number of carboxylic acid groups (broad SMARTS) is 1. The molecule has 0 fully saturated rings. The average Bonchev–Trinajstić information content (AvgIpc) is 2.69. The van der Waals surface area contributed by atoms with E-state index in [1.165, 1.54) is 16.0 Å². The third kappa shape index (κ3) is 2.23. The molecule has 0 spiro atoms. The highest BCUT2D eigenvalue weighted by Gasteiger charge is 2.14. The molecule has 3 nitrogen and oxygen atoms in total. The predicted octanol–water partition coefficient (Wildman–Crippen LogP) is 2.20. The van der Waals surface area contributed by atoms with Gasteiger partial charge in [-0.3, -0.25) is 4.79 Å². The molecule has 3 N–H and O–H groups in total. The molecular weight excluding hydrogens is 222 g/mol. The largest absolute Gasteiger partial charge is 0.480 e. The fourth-order valence-corrected chi connectivity index (χ4v) is 2.48. The summed E-state index contributed by atoms with van der Waals surface area (Å²) in [6, 6.07) is 7.43. The van der Waals surface area contributed by atoms with E-state index in [0.717, 1.165) is 0 Å². The molecule has 2 rings (SSSR count). The molecule has 1 aliphatic carbocycles. The number of carboxylic acids is 1. The van der Waals surface area contributed by atoms with E-state index in [1.54, 1.807) is 11.3 Å². The van der Waals surface area contributed by atoms with Crippen LogP contribution in [0.5, 0.6) is 0 Å². The molecular formula is C12H13NO2S. The summed E-state index contributed by atoms with van der Waals surface area (Å²) in [4.78, 5) is 11.8. The van der Waals surface area contributed by atoms with Gasteiger partial charge in [-0.05, 0) is 35.4 Å². The number of aryl methyl sites for hydroxylation is 1. The van der Waals surface area contributed by atoms with E-state index < -0.39 is 12.0 Å². The lowest BCUT2D eigenvalue weighted by Crippen LogP contribution is -2.30. The number of hydrogen-bond donors (Lipinski definition) is 2. The molecule has 0 aromatic carbocycles. The number of aliphatic carboxylic acids is 1. The van der Waals surface area contributed by atoms with E-state index >= 15 is 0 Å². The van der Waals surface area contributed by atoms with Crippen molar-refractivity contribution in [1.82, 2.24) is 0 Å². The lowest BCUT2D eigenvalue weighted by Gasteiger charge is -2.06. The predicted molar refractivity (Wildman–Crippen MR) is 64.9 cm³/mol. The van der Waals surface area contributed by atoms with E-state index in [-0.39, 0.29) is 0 Å². The topological polar surface area (TPSA) is 63.3 Å². The van der Waals surface area contributed by atoms with Gasteiger partial charge in [0.1, 0.15) is 6.04 Å². The maximum Gasteiger partial charge on any atom is 0.320 e. The number of rotatable bonds is 4. The Morgan fingerprint density at radius 3 is 3.00 bits per heavy atom. The molecule has 16 heavy (non-hydrogen) atoms. The monoisotopic (exact) mass is 235 g/mol. The Kier molecular flexibility index (Phi) is 3.22. The molecule has 1 unspecified atom stereocenters. The summed E-state index contributed by atoms with van der Waals surface area (Å²) in [5, 5.41) is 10.7. The van der Waals surface area contributed by atoms with E-state index in [2.05, 4.69) is 18.2 Å². The van der Waals surface area contributed by atoms with Crippen LogP contribution < -0.4 is 5.73 Å². The summed E-state index contributed by atoms with van der Waals surface area (Å²) in [6.07, 6.45) is 1.20. The van der Waals surface area contributed by atoms with Gasteiger partial charge in [-0.1, -0.05) is 18.2 Å². The second kappa shape index (κ2) is 4.63. The van der Waals surface area contributed by atoms with Crippen LogP contribution in [0.4, 0.5) is 0 Å². The van der Waals surface area contributed by atoms with Crippen LogP contribution >= 0.6 is 11.3 Å². The summed E-state index contributed by atoms with van der Waals surface area (Å²) in [5.41, 5.74) is 7.88.